The van der Waals surface area contributed by atoms with Crippen molar-refractivity contribution in [1.82, 2.24) is 0 Å². The van der Waals surface area contributed by atoms with Crippen LogP contribution in [0.1, 0.15) is 11.1 Å². The van der Waals surface area contributed by atoms with Crippen LogP contribution in [0.2, 0.25) is 5.02 Å². The number of thioether (sulfide) groups is 1. The van der Waals surface area contributed by atoms with Gasteiger partial charge in [0.2, 0.25) is 0 Å². The molecule has 0 aromatic heterocycles. The smallest absolute Gasteiger partial charge is 0.283 e. The number of halogens is 1. The van der Waals surface area contributed by atoms with E-state index in [4.69, 9.17) is 11.6 Å². The largest absolute Gasteiger partial charge is 0.339 e. The molecule has 2 amide bonds. The third kappa shape index (κ3) is 4.11. The SMILES string of the molecule is Cc1ccc(C)c(N2C(=O)C(Sc3ccc(Cl)cc3)=C(N(C)c3ccccc3)C2=O)c1. The van der Waals surface area contributed by atoms with Crippen molar-refractivity contribution in [2.75, 3.05) is 16.8 Å². The molecular weight excluding hydrogens is 428 g/mol. The molecule has 0 spiro atoms. The van der Waals surface area contributed by atoms with E-state index in [9.17, 15) is 9.59 Å². The number of carbonyl (C=O) groups is 2. The van der Waals surface area contributed by atoms with Gasteiger partial charge in [0.1, 0.15) is 10.6 Å². The molecule has 0 radical (unpaired) electrons. The van der Waals surface area contributed by atoms with Gasteiger partial charge in [0, 0.05) is 22.7 Å². The molecule has 1 aliphatic heterocycles. The number of hydrogen-bond donors (Lipinski definition) is 0. The fourth-order valence-corrected chi connectivity index (χ4v) is 4.60. The Morgan fingerprint density at radius 2 is 1.55 bits per heavy atom. The molecule has 0 unspecified atom stereocenters. The first kappa shape index (κ1) is 21.2. The first-order chi connectivity index (χ1) is 14.9. The summed E-state index contributed by atoms with van der Waals surface area (Å²) < 4.78 is 0. The molecule has 0 N–H and O–H groups in total. The maximum absolute atomic E-state index is 13.6. The molecule has 1 heterocycles. The highest BCUT2D eigenvalue weighted by molar-refractivity contribution is 8.04. The molecule has 4 nitrogen and oxygen atoms in total. The van der Waals surface area contributed by atoms with E-state index in [1.807, 2.05) is 81.6 Å². The van der Waals surface area contributed by atoms with Crippen LogP contribution in [0.4, 0.5) is 11.4 Å². The molecule has 0 fully saturated rings. The molecule has 6 heteroatoms. The van der Waals surface area contributed by atoms with Gasteiger partial charge < -0.3 is 4.90 Å². The van der Waals surface area contributed by atoms with Crippen LogP contribution in [0.25, 0.3) is 0 Å². The first-order valence-electron chi connectivity index (χ1n) is 9.79. The average molecular weight is 449 g/mol. The summed E-state index contributed by atoms with van der Waals surface area (Å²) in [6.07, 6.45) is 0. The van der Waals surface area contributed by atoms with Crippen LogP contribution in [0, 0.1) is 13.8 Å². The van der Waals surface area contributed by atoms with E-state index in [-0.39, 0.29) is 11.8 Å². The van der Waals surface area contributed by atoms with E-state index < -0.39 is 0 Å². The molecule has 0 aliphatic carbocycles. The molecular formula is C25H21ClN2O2S. The predicted molar refractivity (Wildman–Crippen MR) is 128 cm³/mol. The van der Waals surface area contributed by atoms with Crippen LogP contribution in [0.5, 0.6) is 0 Å². The molecule has 0 bridgehead atoms. The van der Waals surface area contributed by atoms with Gasteiger partial charge in [0.15, 0.2) is 0 Å². The fraction of sp³-hybridized carbons (Fsp3) is 0.120. The maximum atomic E-state index is 13.6. The zero-order valence-corrected chi connectivity index (χ0v) is 19.0. The molecule has 3 aromatic carbocycles. The number of anilines is 2. The highest BCUT2D eigenvalue weighted by atomic mass is 35.5. The number of para-hydroxylation sites is 1. The van der Waals surface area contributed by atoms with Crippen molar-refractivity contribution in [2.45, 2.75) is 18.7 Å². The van der Waals surface area contributed by atoms with Crippen LogP contribution in [-0.2, 0) is 9.59 Å². The number of hydrogen-bond acceptors (Lipinski definition) is 4. The zero-order valence-electron chi connectivity index (χ0n) is 17.4. The van der Waals surface area contributed by atoms with Gasteiger partial charge in [0.05, 0.1) is 5.69 Å². The summed E-state index contributed by atoms with van der Waals surface area (Å²) in [5, 5.41) is 0.616. The Balaban J connectivity index is 1.82. The lowest BCUT2D eigenvalue weighted by atomic mass is 10.1. The standard InChI is InChI=1S/C25H21ClN2O2S/c1-16-9-10-17(2)21(15-16)28-24(29)22(27(3)19-7-5-4-6-8-19)23(25(28)30)31-20-13-11-18(26)12-14-20/h4-15H,1-3H3. The first-order valence-corrected chi connectivity index (χ1v) is 11.0. The molecule has 1 aliphatic rings. The topological polar surface area (TPSA) is 40.6 Å². The molecule has 0 saturated carbocycles. The zero-order chi connectivity index (χ0) is 22.1. The number of imide groups is 1. The number of likely N-dealkylation sites (N-methyl/N-ethyl adjacent to an activating group) is 1. The second-order valence-corrected chi connectivity index (χ2v) is 8.88. The normalized spacial score (nSPS) is 13.9. The molecule has 3 aromatic rings. The van der Waals surface area contributed by atoms with Crippen molar-refractivity contribution in [1.29, 1.82) is 0 Å². The average Bonchev–Trinajstić information content (AvgIpc) is 3.01. The minimum Gasteiger partial charge on any atom is -0.339 e. The Morgan fingerprint density at radius 3 is 2.23 bits per heavy atom. The van der Waals surface area contributed by atoms with Crippen LogP contribution in [0.3, 0.4) is 0 Å². The minimum absolute atomic E-state index is 0.323. The number of rotatable bonds is 5. The summed E-state index contributed by atoms with van der Waals surface area (Å²) >= 11 is 7.29. The van der Waals surface area contributed by atoms with Gasteiger partial charge in [-0.05, 0) is 67.4 Å². The van der Waals surface area contributed by atoms with Crippen molar-refractivity contribution in [3.63, 3.8) is 0 Å². The summed E-state index contributed by atoms with van der Waals surface area (Å²) in [4.78, 5) is 31.5. The maximum Gasteiger partial charge on any atom is 0.283 e. The number of amides is 2. The van der Waals surface area contributed by atoms with E-state index in [1.165, 1.54) is 16.7 Å². The summed E-state index contributed by atoms with van der Waals surface area (Å²) in [5.74, 6) is -0.655. The fourth-order valence-electron chi connectivity index (χ4n) is 3.47. The highest BCUT2D eigenvalue weighted by Crippen LogP contribution is 2.40. The Labute approximate surface area is 191 Å². The lowest BCUT2D eigenvalue weighted by molar-refractivity contribution is -0.120. The van der Waals surface area contributed by atoms with Crippen molar-refractivity contribution >= 4 is 46.6 Å². The second kappa shape index (κ2) is 8.61. The monoisotopic (exact) mass is 448 g/mol. The Hall–Kier alpha value is -3.02. The van der Waals surface area contributed by atoms with Gasteiger partial charge in [-0.3, -0.25) is 9.59 Å². The van der Waals surface area contributed by atoms with Gasteiger partial charge in [-0.1, -0.05) is 53.7 Å². The van der Waals surface area contributed by atoms with Crippen molar-refractivity contribution in [3.8, 4) is 0 Å². The van der Waals surface area contributed by atoms with E-state index in [2.05, 4.69) is 0 Å². The quantitative estimate of drug-likeness (QED) is 0.451. The van der Waals surface area contributed by atoms with Gasteiger partial charge in [-0.2, -0.15) is 0 Å². The van der Waals surface area contributed by atoms with Gasteiger partial charge in [0.25, 0.3) is 11.8 Å². The van der Waals surface area contributed by atoms with E-state index in [1.54, 1.807) is 17.0 Å². The van der Waals surface area contributed by atoms with E-state index in [0.29, 0.717) is 21.3 Å². The summed E-state index contributed by atoms with van der Waals surface area (Å²) in [6.45, 7) is 3.85. The van der Waals surface area contributed by atoms with Gasteiger partial charge in [-0.25, -0.2) is 4.90 Å². The number of nitrogens with zero attached hydrogens (tertiary/aromatic N) is 2. The Kier molecular flexibility index (Phi) is 5.90. The van der Waals surface area contributed by atoms with E-state index >= 15 is 0 Å². The highest BCUT2D eigenvalue weighted by Gasteiger charge is 2.42. The second-order valence-electron chi connectivity index (χ2n) is 7.36. The predicted octanol–water partition coefficient (Wildman–Crippen LogP) is 5.97. The van der Waals surface area contributed by atoms with Crippen molar-refractivity contribution in [3.05, 3.63) is 99.5 Å². The minimum atomic E-state index is -0.332. The summed E-state index contributed by atoms with van der Waals surface area (Å²) in [5.41, 5.74) is 3.65. The molecule has 4 rings (SSSR count). The Bertz CT molecular complexity index is 1190. The third-order valence-corrected chi connectivity index (χ3v) is 6.47. The van der Waals surface area contributed by atoms with Crippen LogP contribution in [-0.4, -0.2) is 18.9 Å². The van der Waals surface area contributed by atoms with Gasteiger partial charge in [-0.15, -0.1) is 0 Å². The third-order valence-electron chi connectivity index (χ3n) is 5.14. The van der Waals surface area contributed by atoms with Crippen LogP contribution in [0.15, 0.2) is 88.3 Å². The molecule has 0 saturated heterocycles. The van der Waals surface area contributed by atoms with E-state index in [0.717, 1.165) is 21.7 Å². The lowest BCUT2D eigenvalue weighted by Crippen LogP contribution is -2.34. The Morgan fingerprint density at radius 1 is 0.871 bits per heavy atom. The molecule has 156 valence electrons. The molecule has 0 atom stereocenters. The van der Waals surface area contributed by atoms with Crippen LogP contribution < -0.4 is 9.80 Å². The van der Waals surface area contributed by atoms with Crippen LogP contribution >= 0.6 is 23.4 Å². The lowest BCUT2D eigenvalue weighted by Gasteiger charge is -2.22. The van der Waals surface area contributed by atoms with Crippen molar-refractivity contribution in [2.24, 2.45) is 0 Å². The summed E-state index contributed by atoms with van der Waals surface area (Å²) in [6, 6.07) is 22.6. The number of benzene rings is 3. The summed E-state index contributed by atoms with van der Waals surface area (Å²) in [7, 11) is 1.81. The van der Waals surface area contributed by atoms with Gasteiger partial charge >= 0.3 is 0 Å². The number of carbonyl (C=O) groups excluding carboxylic acids is 2. The molecule has 31 heavy (non-hydrogen) atoms. The van der Waals surface area contributed by atoms with Crippen molar-refractivity contribution < 1.29 is 9.59 Å². The number of aryl methyl sites for hydroxylation is 2.